The summed E-state index contributed by atoms with van der Waals surface area (Å²) in [6, 6.07) is 24.3. The third-order valence-electron chi connectivity index (χ3n) is 6.58. The van der Waals surface area contributed by atoms with Crippen LogP contribution in [0.25, 0.3) is 10.8 Å². The minimum atomic E-state index is -3.92. The lowest BCUT2D eigenvalue weighted by atomic mass is 10.1. The van der Waals surface area contributed by atoms with Crippen LogP contribution in [0.1, 0.15) is 36.3 Å². The molecule has 0 N–H and O–H groups in total. The fourth-order valence-electron chi connectivity index (χ4n) is 4.24. The Morgan fingerprint density at radius 2 is 1.61 bits per heavy atom. The number of hydrogen-bond donors (Lipinski definition) is 0. The lowest BCUT2D eigenvalue weighted by Crippen LogP contribution is -2.46. The Labute approximate surface area is 218 Å². The molecule has 5 nitrogen and oxygen atoms in total. The van der Waals surface area contributed by atoms with Crippen LogP contribution in [0.15, 0.2) is 89.1 Å². The maximum absolute atomic E-state index is 14.0. The van der Waals surface area contributed by atoms with Crippen LogP contribution in [0.5, 0.6) is 0 Å². The van der Waals surface area contributed by atoms with Crippen molar-refractivity contribution in [3.8, 4) is 0 Å². The minimum absolute atomic E-state index is 0.210. The first-order chi connectivity index (χ1) is 17.3. The molecule has 1 aromatic heterocycles. The van der Waals surface area contributed by atoms with Gasteiger partial charge < -0.3 is 4.90 Å². The van der Waals surface area contributed by atoms with Crippen molar-refractivity contribution in [1.29, 1.82) is 0 Å². The molecule has 188 valence electrons. The number of hydrogen-bond acceptors (Lipinski definition) is 4. The van der Waals surface area contributed by atoms with Crippen LogP contribution in [0, 0.1) is 6.92 Å². The molecule has 0 saturated carbocycles. The van der Waals surface area contributed by atoms with E-state index in [-0.39, 0.29) is 23.4 Å². The number of nitrogens with zero attached hydrogens (tertiary/aromatic N) is 2. The van der Waals surface area contributed by atoms with E-state index in [0.717, 1.165) is 21.4 Å². The Bertz CT molecular complexity index is 1430. The minimum Gasteiger partial charge on any atom is -0.332 e. The smallest absolute Gasteiger partial charge is 0.244 e. The standard InChI is InChI=1S/C29H32N2O3S2/c1-4-23(3)31(36(33,34)28-16-10-14-25-13-8-9-15-26(25)28)21-29(32)30(19-24-11-6-5-7-12-24)20-27-22(2)17-18-35-27/h5-18,23H,4,19-21H2,1-3H3. The van der Waals surface area contributed by atoms with Gasteiger partial charge in [0.2, 0.25) is 15.9 Å². The molecule has 1 amide bonds. The molecule has 0 aliphatic heterocycles. The van der Waals surface area contributed by atoms with Crippen LogP contribution in [-0.2, 0) is 27.9 Å². The van der Waals surface area contributed by atoms with E-state index >= 15 is 0 Å². The Kier molecular flexibility index (Phi) is 8.24. The van der Waals surface area contributed by atoms with E-state index in [0.29, 0.717) is 24.9 Å². The molecule has 1 heterocycles. The van der Waals surface area contributed by atoms with Gasteiger partial charge in [0.15, 0.2) is 0 Å². The molecule has 0 aliphatic rings. The monoisotopic (exact) mass is 520 g/mol. The number of rotatable bonds is 10. The van der Waals surface area contributed by atoms with Gasteiger partial charge in [-0.25, -0.2) is 8.42 Å². The van der Waals surface area contributed by atoms with E-state index in [2.05, 4.69) is 0 Å². The highest BCUT2D eigenvalue weighted by atomic mass is 32.2. The van der Waals surface area contributed by atoms with Gasteiger partial charge in [0.1, 0.15) is 0 Å². The molecule has 4 aromatic rings. The van der Waals surface area contributed by atoms with E-state index < -0.39 is 10.0 Å². The van der Waals surface area contributed by atoms with E-state index in [1.165, 1.54) is 4.31 Å². The normalized spacial score (nSPS) is 12.7. The maximum Gasteiger partial charge on any atom is 0.244 e. The molecule has 0 bridgehead atoms. The van der Waals surface area contributed by atoms with Gasteiger partial charge in [-0.15, -0.1) is 11.3 Å². The van der Waals surface area contributed by atoms with Gasteiger partial charge in [-0.2, -0.15) is 4.31 Å². The Morgan fingerprint density at radius 1 is 0.917 bits per heavy atom. The summed E-state index contributed by atoms with van der Waals surface area (Å²) < 4.78 is 29.4. The van der Waals surface area contributed by atoms with Crippen molar-refractivity contribution in [2.75, 3.05) is 6.54 Å². The second kappa shape index (κ2) is 11.4. The fourth-order valence-corrected chi connectivity index (χ4v) is 7.03. The molecular formula is C29H32N2O3S2. The average molecular weight is 521 g/mol. The van der Waals surface area contributed by atoms with Gasteiger partial charge in [0, 0.05) is 22.8 Å². The van der Waals surface area contributed by atoms with Crippen molar-refractivity contribution in [3.05, 3.63) is 100 Å². The van der Waals surface area contributed by atoms with Crippen LogP contribution in [-0.4, -0.2) is 36.1 Å². The molecule has 1 unspecified atom stereocenters. The molecule has 0 aliphatic carbocycles. The van der Waals surface area contributed by atoms with Gasteiger partial charge in [-0.05, 0) is 54.3 Å². The number of carbonyl (C=O) groups is 1. The summed E-state index contributed by atoms with van der Waals surface area (Å²) in [5.74, 6) is -0.212. The number of aryl methyl sites for hydroxylation is 1. The molecular weight excluding hydrogens is 488 g/mol. The zero-order valence-corrected chi connectivity index (χ0v) is 22.6. The maximum atomic E-state index is 14.0. The number of fused-ring (bicyclic) bond motifs is 1. The van der Waals surface area contributed by atoms with E-state index in [1.54, 1.807) is 28.4 Å². The lowest BCUT2D eigenvalue weighted by Gasteiger charge is -2.31. The van der Waals surface area contributed by atoms with Crippen molar-refractivity contribution >= 4 is 38.0 Å². The van der Waals surface area contributed by atoms with Crippen LogP contribution in [0.2, 0.25) is 0 Å². The first-order valence-electron chi connectivity index (χ1n) is 12.2. The highest BCUT2D eigenvalue weighted by Gasteiger charge is 2.33. The summed E-state index contributed by atoms with van der Waals surface area (Å²) in [4.78, 5) is 16.9. The van der Waals surface area contributed by atoms with Crippen molar-refractivity contribution in [2.24, 2.45) is 0 Å². The van der Waals surface area contributed by atoms with Crippen molar-refractivity contribution < 1.29 is 13.2 Å². The summed E-state index contributed by atoms with van der Waals surface area (Å²) in [6.45, 7) is 6.49. The molecule has 3 aromatic carbocycles. The van der Waals surface area contributed by atoms with Crippen molar-refractivity contribution in [2.45, 2.75) is 51.2 Å². The first kappa shape index (κ1) is 26.1. The summed E-state index contributed by atoms with van der Waals surface area (Å²) >= 11 is 1.61. The van der Waals surface area contributed by atoms with Crippen LogP contribution in [0.4, 0.5) is 0 Å². The summed E-state index contributed by atoms with van der Waals surface area (Å²) in [7, 11) is -3.92. The topological polar surface area (TPSA) is 57.7 Å². The Hall–Kier alpha value is -3.00. The first-order valence-corrected chi connectivity index (χ1v) is 14.5. The highest BCUT2D eigenvalue weighted by Crippen LogP contribution is 2.28. The molecule has 0 radical (unpaired) electrons. The largest absolute Gasteiger partial charge is 0.332 e. The van der Waals surface area contributed by atoms with Gasteiger partial charge in [-0.1, -0.05) is 73.7 Å². The number of thiophene rings is 1. The van der Waals surface area contributed by atoms with Gasteiger partial charge in [0.05, 0.1) is 18.0 Å². The number of sulfonamides is 1. The van der Waals surface area contributed by atoms with Crippen molar-refractivity contribution in [3.63, 3.8) is 0 Å². The molecule has 7 heteroatoms. The SMILES string of the molecule is CCC(C)N(CC(=O)N(Cc1ccccc1)Cc1sccc1C)S(=O)(=O)c1cccc2ccccc12. The zero-order chi connectivity index (χ0) is 25.7. The van der Waals surface area contributed by atoms with Crippen LogP contribution in [0.3, 0.4) is 0 Å². The van der Waals surface area contributed by atoms with Gasteiger partial charge in [0.25, 0.3) is 0 Å². The zero-order valence-electron chi connectivity index (χ0n) is 20.9. The number of carbonyl (C=O) groups excluding carboxylic acids is 1. The summed E-state index contributed by atoms with van der Waals surface area (Å²) in [6.07, 6.45) is 0.597. The number of amides is 1. The molecule has 36 heavy (non-hydrogen) atoms. The quantitative estimate of drug-likeness (QED) is 0.249. The van der Waals surface area contributed by atoms with Crippen molar-refractivity contribution in [1.82, 2.24) is 9.21 Å². The van der Waals surface area contributed by atoms with E-state index in [1.807, 2.05) is 92.9 Å². The highest BCUT2D eigenvalue weighted by molar-refractivity contribution is 7.89. The van der Waals surface area contributed by atoms with Gasteiger partial charge >= 0.3 is 0 Å². The molecule has 1 atom stereocenters. The van der Waals surface area contributed by atoms with E-state index in [9.17, 15) is 13.2 Å². The molecule has 0 fully saturated rings. The predicted octanol–water partition coefficient (Wildman–Crippen LogP) is 6.23. The van der Waals surface area contributed by atoms with E-state index in [4.69, 9.17) is 0 Å². The fraction of sp³-hybridized carbons (Fsp3) is 0.276. The van der Waals surface area contributed by atoms with Gasteiger partial charge in [-0.3, -0.25) is 4.79 Å². The molecule has 0 spiro atoms. The third kappa shape index (κ3) is 5.69. The molecule has 4 rings (SSSR count). The molecule has 0 saturated heterocycles. The Morgan fingerprint density at radius 3 is 2.31 bits per heavy atom. The van der Waals surface area contributed by atoms with Crippen LogP contribution >= 0.6 is 11.3 Å². The third-order valence-corrected chi connectivity index (χ3v) is 9.61. The summed E-state index contributed by atoms with van der Waals surface area (Å²) in [5, 5.41) is 3.54. The second-order valence-corrected chi connectivity index (χ2v) is 11.9. The number of benzene rings is 3. The van der Waals surface area contributed by atoms with Crippen LogP contribution < -0.4 is 0 Å². The second-order valence-electron chi connectivity index (χ2n) is 9.05. The predicted molar refractivity (Wildman–Crippen MR) is 147 cm³/mol. The Balaban J connectivity index is 1.68. The lowest BCUT2D eigenvalue weighted by molar-refractivity contribution is -0.133. The average Bonchev–Trinajstić information content (AvgIpc) is 3.30. The summed E-state index contributed by atoms with van der Waals surface area (Å²) in [5.41, 5.74) is 2.14.